The van der Waals surface area contributed by atoms with Crippen molar-refractivity contribution in [3.8, 4) is 0 Å². The van der Waals surface area contributed by atoms with E-state index in [0.717, 1.165) is 6.42 Å². The highest BCUT2D eigenvalue weighted by molar-refractivity contribution is 6.01. The molecule has 0 saturated carbocycles. The average Bonchev–Trinajstić information content (AvgIpc) is 2.46. The Morgan fingerprint density at radius 2 is 1.58 bits per heavy atom. The van der Waals surface area contributed by atoms with Gasteiger partial charge in [0, 0.05) is 5.56 Å². The quantitative estimate of drug-likeness (QED) is 0.813. The monoisotopic (exact) mass is 332 g/mol. The van der Waals surface area contributed by atoms with E-state index in [1.54, 1.807) is 37.3 Å². The molecule has 1 aromatic rings. The highest BCUT2D eigenvalue weighted by atomic mass is 16.3. The summed E-state index contributed by atoms with van der Waals surface area (Å²) in [4.78, 5) is 20.9. The molecule has 24 heavy (non-hydrogen) atoms. The van der Waals surface area contributed by atoms with Gasteiger partial charge in [0.05, 0.1) is 5.60 Å². The van der Waals surface area contributed by atoms with Gasteiger partial charge in [-0.15, -0.1) is 0 Å². The first-order valence-corrected chi connectivity index (χ1v) is 7.82. The van der Waals surface area contributed by atoms with Crippen LogP contribution in [0.5, 0.6) is 0 Å². The summed E-state index contributed by atoms with van der Waals surface area (Å²) >= 11 is 0. The van der Waals surface area contributed by atoms with Gasteiger partial charge in [-0.2, -0.15) is 0 Å². The number of carbonyl (C=O) groups is 2. The number of hydrogen-bond donors (Lipinski definition) is 2. The lowest BCUT2D eigenvalue weighted by Crippen LogP contribution is -2.30. The largest absolute Gasteiger partial charge is 0.386 e. The molecule has 0 aromatic heterocycles. The number of allylic oxidation sites excluding steroid dienone is 2. The van der Waals surface area contributed by atoms with Crippen molar-refractivity contribution in [1.82, 2.24) is 0 Å². The summed E-state index contributed by atoms with van der Waals surface area (Å²) in [6, 6.07) is 8.78. The van der Waals surface area contributed by atoms with Crippen molar-refractivity contribution in [3.05, 3.63) is 60.2 Å². The molecule has 132 valence electrons. The van der Waals surface area contributed by atoms with Crippen LogP contribution < -0.4 is 0 Å². The smallest absolute Gasteiger partial charge is 0.193 e. The van der Waals surface area contributed by atoms with Crippen molar-refractivity contribution in [1.29, 1.82) is 0 Å². The molecule has 1 aliphatic rings. The second-order valence-electron chi connectivity index (χ2n) is 6.51. The topological polar surface area (TPSA) is 74.6 Å². The molecule has 1 aliphatic carbocycles. The molecule has 2 rings (SSSR count). The van der Waals surface area contributed by atoms with Gasteiger partial charge in [-0.3, -0.25) is 4.79 Å². The third kappa shape index (κ3) is 10.6. The van der Waals surface area contributed by atoms with Gasteiger partial charge in [0.25, 0.3) is 0 Å². The molecule has 0 heterocycles. The van der Waals surface area contributed by atoms with E-state index in [4.69, 9.17) is 0 Å². The number of aliphatic hydroxyl groups is 2. The summed E-state index contributed by atoms with van der Waals surface area (Å²) in [6.07, 6.45) is 8.30. The van der Waals surface area contributed by atoms with Gasteiger partial charge in [0.2, 0.25) is 0 Å². The van der Waals surface area contributed by atoms with Crippen LogP contribution in [-0.4, -0.2) is 33.0 Å². The zero-order chi connectivity index (χ0) is 18.8. The Morgan fingerprint density at radius 1 is 1.08 bits per heavy atom. The Bertz CT molecular complexity index is 571. The van der Waals surface area contributed by atoms with Gasteiger partial charge in [-0.1, -0.05) is 54.6 Å². The lowest BCUT2D eigenvalue weighted by atomic mass is 9.97. The van der Waals surface area contributed by atoms with Crippen LogP contribution in [0.15, 0.2) is 54.6 Å². The lowest BCUT2D eigenvalue weighted by molar-refractivity contribution is -0.115. The van der Waals surface area contributed by atoms with Crippen LogP contribution in [0.1, 0.15) is 51.4 Å². The normalized spacial score (nSPS) is 18.6. The van der Waals surface area contributed by atoms with Gasteiger partial charge in [0.15, 0.2) is 5.78 Å². The van der Waals surface area contributed by atoms with Crippen molar-refractivity contribution in [2.45, 2.75) is 52.2 Å². The minimum atomic E-state index is -1.28. The fourth-order valence-corrected chi connectivity index (χ4v) is 1.66. The van der Waals surface area contributed by atoms with E-state index in [0.29, 0.717) is 5.56 Å². The predicted octanol–water partition coefficient (Wildman–Crippen LogP) is 3.49. The lowest BCUT2D eigenvalue weighted by Gasteiger charge is -2.17. The van der Waals surface area contributed by atoms with Crippen LogP contribution in [0.2, 0.25) is 0 Å². The molecule has 0 fully saturated rings. The van der Waals surface area contributed by atoms with Crippen molar-refractivity contribution in [3.63, 3.8) is 0 Å². The van der Waals surface area contributed by atoms with E-state index in [1.807, 2.05) is 24.3 Å². The second kappa shape index (κ2) is 9.96. The number of benzene rings is 1. The number of carbonyl (C=O) groups excluding carboxylic acids is 2. The summed E-state index contributed by atoms with van der Waals surface area (Å²) in [6.45, 7) is 7.83. The van der Waals surface area contributed by atoms with Crippen molar-refractivity contribution < 1.29 is 19.8 Å². The molecule has 0 aliphatic heterocycles. The van der Waals surface area contributed by atoms with Crippen LogP contribution >= 0.6 is 0 Å². The van der Waals surface area contributed by atoms with Gasteiger partial charge >= 0.3 is 0 Å². The first-order valence-electron chi connectivity index (χ1n) is 7.82. The molecule has 0 saturated heterocycles. The maximum absolute atomic E-state index is 11.4. The summed E-state index contributed by atoms with van der Waals surface area (Å²) in [5.74, 6) is -0.0805. The first-order chi connectivity index (χ1) is 11.0. The molecular weight excluding hydrogens is 304 g/mol. The number of Topliss-reactive ketones (excluding diaryl/α,β-unsaturated/α-hetero) is 2. The summed E-state index contributed by atoms with van der Waals surface area (Å²) < 4.78 is 0. The zero-order valence-corrected chi connectivity index (χ0v) is 15.1. The molecule has 2 N–H and O–H groups in total. The van der Waals surface area contributed by atoms with Gasteiger partial charge in [0.1, 0.15) is 11.4 Å². The second-order valence-corrected chi connectivity index (χ2v) is 6.51. The zero-order valence-electron chi connectivity index (χ0n) is 15.1. The Kier molecular flexibility index (Phi) is 9.11. The molecule has 1 atom stereocenters. The first kappa shape index (κ1) is 22.0. The highest BCUT2D eigenvalue weighted by Crippen LogP contribution is 2.15. The molecule has 0 spiro atoms. The summed E-state index contributed by atoms with van der Waals surface area (Å²) in [5.41, 5.74) is -1.32. The third-order valence-corrected chi connectivity index (χ3v) is 2.83. The fraction of sp³-hybridized carbons (Fsp3) is 0.400. The van der Waals surface area contributed by atoms with Crippen LogP contribution in [0.3, 0.4) is 0 Å². The fourth-order valence-electron chi connectivity index (χ4n) is 1.66. The number of hydrogen-bond acceptors (Lipinski definition) is 4. The Hall–Kier alpha value is -2.04. The van der Waals surface area contributed by atoms with Crippen LogP contribution in [-0.2, 0) is 4.79 Å². The van der Waals surface area contributed by atoms with E-state index in [9.17, 15) is 19.8 Å². The van der Waals surface area contributed by atoms with Crippen molar-refractivity contribution in [2.24, 2.45) is 0 Å². The minimum absolute atomic E-state index is 0.167. The maximum atomic E-state index is 11.4. The third-order valence-electron chi connectivity index (χ3n) is 2.83. The molecule has 1 unspecified atom stereocenters. The van der Waals surface area contributed by atoms with Crippen LogP contribution in [0.25, 0.3) is 0 Å². The average molecular weight is 332 g/mol. The Balaban J connectivity index is 0.000000379. The minimum Gasteiger partial charge on any atom is -0.386 e. The van der Waals surface area contributed by atoms with Gasteiger partial charge < -0.3 is 15.0 Å². The number of rotatable bonds is 2. The highest BCUT2D eigenvalue weighted by Gasteiger charge is 2.24. The maximum Gasteiger partial charge on any atom is 0.193 e. The molecular formula is C20H28O4. The molecule has 4 heteroatoms. The SMILES string of the molecule is CC(C)(O)C(=O)c1ccccc1.CC(C)=O.CC1(O)C=CC=CC1. The van der Waals surface area contributed by atoms with E-state index >= 15 is 0 Å². The van der Waals surface area contributed by atoms with Gasteiger partial charge in [-0.05, 0) is 41.0 Å². The van der Waals surface area contributed by atoms with E-state index in [-0.39, 0.29) is 11.6 Å². The van der Waals surface area contributed by atoms with E-state index in [2.05, 4.69) is 0 Å². The van der Waals surface area contributed by atoms with E-state index in [1.165, 1.54) is 27.7 Å². The van der Waals surface area contributed by atoms with Crippen molar-refractivity contribution in [2.75, 3.05) is 0 Å². The molecule has 0 bridgehead atoms. The molecule has 4 nitrogen and oxygen atoms in total. The summed E-state index contributed by atoms with van der Waals surface area (Å²) in [7, 11) is 0. The Labute approximate surface area is 144 Å². The molecule has 0 radical (unpaired) electrons. The van der Waals surface area contributed by atoms with Crippen LogP contribution in [0.4, 0.5) is 0 Å². The Morgan fingerprint density at radius 3 is 1.88 bits per heavy atom. The summed E-state index contributed by atoms with van der Waals surface area (Å²) in [5, 5.41) is 18.6. The van der Waals surface area contributed by atoms with Gasteiger partial charge in [-0.25, -0.2) is 0 Å². The molecule has 1 aromatic carbocycles. The van der Waals surface area contributed by atoms with Crippen LogP contribution in [0, 0.1) is 0 Å². The predicted molar refractivity (Wildman–Crippen MR) is 96.9 cm³/mol. The number of ketones is 2. The van der Waals surface area contributed by atoms with E-state index < -0.39 is 11.2 Å². The molecule has 0 amide bonds. The standard InChI is InChI=1S/C10H12O2.C7H10O.C3H6O/c1-10(2,12)9(11)8-6-4-3-5-7-8;1-7(8)5-3-2-4-6-7;1-3(2)4/h3-7,12H,1-2H3;2-5,8H,6H2,1H3;1-2H3. The van der Waals surface area contributed by atoms with Crippen molar-refractivity contribution >= 4 is 11.6 Å².